The van der Waals surface area contributed by atoms with Gasteiger partial charge in [-0.15, -0.1) is 0 Å². The summed E-state index contributed by atoms with van der Waals surface area (Å²) in [5.74, 6) is 0. The quantitative estimate of drug-likeness (QED) is 0.624. The summed E-state index contributed by atoms with van der Waals surface area (Å²) >= 11 is 0.820. The molecule has 0 aliphatic rings. The van der Waals surface area contributed by atoms with Crippen molar-refractivity contribution in [3.63, 3.8) is 0 Å². The van der Waals surface area contributed by atoms with Gasteiger partial charge in [0.05, 0.1) is 33.4 Å². The van der Waals surface area contributed by atoms with Crippen LogP contribution >= 0.6 is 11.7 Å². The highest BCUT2D eigenvalue weighted by atomic mass is 32.2. The maximum Gasteiger partial charge on any atom is 0.416 e. The van der Waals surface area contributed by atoms with Gasteiger partial charge in [-0.25, -0.2) is 8.42 Å². The van der Waals surface area contributed by atoms with Gasteiger partial charge in [-0.3, -0.25) is 4.72 Å². The minimum atomic E-state index is -5.09. The molecule has 3 rings (SSSR count). The molecule has 1 N–H and O–H groups in total. The van der Waals surface area contributed by atoms with Gasteiger partial charge in [-0.05, 0) is 36.4 Å². The lowest BCUT2D eigenvalue weighted by Gasteiger charge is -2.15. The van der Waals surface area contributed by atoms with Crippen molar-refractivity contribution in [2.24, 2.45) is 0 Å². The van der Waals surface area contributed by atoms with E-state index in [0.717, 1.165) is 23.9 Å². The topological polar surface area (TPSA) is 72.0 Å². The summed E-state index contributed by atoms with van der Waals surface area (Å²) in [6.45, 7) is 0. The molecule has 0 spiro atoms. The van der Waals surface area contributed by atoms with Gasteiger partial charge in [0.2, 0.25) is 0 Å². The smallest absolute Gasteiger partial charge is 0.280 e. The zero-order valence-electron chi connectivity index (χ0n) is 12.8. The third kappa shape index (κ3) is 4.13. The Labute approximate surface area is 152 Å². The summed E-state index contributed by atoms with van der Waals surface area (Å²) in [4.78, 5) is -0.381. The fourth-order valence-electron chi connectivity index (χ4n) is 2.16. The standard InChI is InChI=1S/C14H7F6N3O2S2/c15-13(16,17)7-3-8(14(18,19)20)5-9(4-7)23-27(24,25)10-1-2-11-12(6-10)22-26-21-11/h1-6,23H. The third-order valence-electron chi connectivity index (χ3n) is 3.38. The van der Waals surface area contributed by atoms with Crippen LogP contribution in [0.25, 0.3) is 11.0 Å². The van der Waals surface area contributed by atoms with Crippen molar-refractivity contribution in [1.82, 2.24) is 8.75 Å². The van der Waals surface area contributed by atoms with Crippen LogP contribution in [0.1, 0.15) is 11.1 Å². The molecule has 3 aromatic rings. The molecule has 0 aliphatic carbocycles. The minimum Gasteiger partial charge on any atom is -0.280 e. The Morgan fingerprint density at radius 3 is 1.93 bits per heavy atom. The molecule has 27 heavy (non-hydrogen) atoms. The number of hydrogen-bond donors (Lipinski definition) is 1. The molecule has 0 atom stereocenters. The second kappa shape index (κ2) is 6.34. The lowest BCUT2D eigenvalue weighted by Crippen LogP contribution is -2.16. The highest BCUT2D eigenvalue weighted by molar-refractivity contribution is 7.92. The molecule has 0 saturated carbocycles. The van der Waals surface area contributed by atoms with Crippen molar-refractivity contribution in [1.29, 1.82) is 0 Å². The normalized spacial score (nSPS) is 13.1. The summed E-state index contributed by atoms with van der Waals surface area (Å²) in [5.41, 5.74) is -3.50. The van der Waals surface area contributed by atoms with E-state index in [1.165, 1.54) is 6.07 Å². The molecule has 0 fully saturated rings. The van der Waals surface area contributed by atoms with Crippen molar-refractivity contribution in [3.05, 3.63) is 47.5 Å². The number of hydrogen-bond acceptors (Lipinski definition) is 5. The minimum absolute atomic E-state index is 0.0925. The monoisotopic (exact) mass is 427 g/mol. The molecule has 0 aliphatic heterocycles. The Morgan fingerprint density at radius 2 is 1.37 bits per heavy atom. The molecule has 13 heteroatoms. The van der Waals surface area contributed by atoms with Crippen molar-refractivity contribution >= 4 is 38.5 Å². The van der Waals surface area contributed by atoms with Crippen LogP contribution in [0.4, 0.5) is 32.0 Å². The van der Waals surface area contributed by atoms with E-state index in [9.17, 15) is 34.8 Å². The summed E-state index contributed by atoms with van der Waals surface area (Å²) in [6.07, 6.45) is -10.2. The van der Waals surface area contributed by atoms with Gasteiger partial charge in [-0.1, -0.05) is 0 Å². The maximum absolute atomic E-state index is 12.9. The first-order valence-electron chi connectivity index (χ1n) is 6.91. The van der Waals surface area contributed by atoms with Gasteiger partial charge < -0.3 is 0 Å². The third-order valence-corrected chi connectivity index (χ3v) is 5.31. The van der Waals surface area contributed by atoms with Crippen LogP contribution in [0.2, 0.25) is 0 Å². The highest BCUT2D eigenvalue weighted by Crippen LogP contribution is 2.38. The van der Waals surface area contributed by atoms with E-state index in [4.69, 9.17) is 0 Å². The number of nitrogens with one attached hydrogen (secondary N) is 1. The highest BCUT2D eigenvalue weighted by Gasteiger charge is 2.37. The predicted molar refractivity (Wildman–Crippen MR) is 84.7 cm³/mol. The van der Waals surface area contributed by atoms with E-state index in [1.54, 1.807) is 4.72 Å². The van der Waals surface area contributed by atoms with E-state index in [1.807, 2.05) is 0 Å². The lowest BCUT2D eigenvalue weighted by atomic mass is 10.1. The van der Waals surface area contributed by atoms with Crippen molar-refractivity contribution in [2.75, 3.05) is 4.72 Å². The van der Waals surface area contributed by atoms with Gasteiger partial charge in [0.25, 0.3) is 10.0 Å². The van der Waals surface area contributed by atoms with Crippen LogP contribution < -0.4 is 4.72 Å². The maximum atomic E-state index is 12.9. The fourth-order valence-corrected chi connectivity index (χ4v) is 3.73. The van der Waals surface area contributed by atoms with Gasteiger partial charge in [-0.2, -0.15) is 35.1 Å². The molecule has 0 unspecified atom stereocenters. The Bertz CT molecular complexity index is 1070. The molecule has 1 aromatic heterocycles. The van der Waals surface area contributed by atoms with E-state index >= 15 is 0 Å². The molecule has 0 radical (unpaired) electrons. The first kappa shape index (κ1) is 19.4. The van der Waals surface area contributed by atoms with Crippen LogP contribution in [-0.2, 0) is 22.4 Å². The molecular weight excluding hydrogens is 420 g/mol. The predicted octanol–water partition coefficient (Wildman–Crippen LogP) is 4.53. The van der Waals surface area contributed by atoms with Crippen LogP contribution in [0.15, 0.2) is 41.3 Å². The lowest BCUT2D eigenvalue weighted by molar-refractivity contribution is -0.143. The van der Waals surface area contributed by atoms with E-state index in [-0.39, 0.29) is 28.6 Å². The number of fused-ring (bicyclic) bond motifs is 1. The largest absolute Gasteiger partial charge is 0.416 e. The Hall–Kier alpha value is -2.41. The molecule has 144 valence electrons. The Morgan fingerprint density at radius 1 is 0.815 bits per heavy atom. The number of nitrogens with zero attached hydrogens (tertiary/aromatic N) is 2. The van der Waals surface area contributed by atoms with Crippen molar-refractivity contribution < 1.29 is 34.8 Å². The Kier molecular flexibility index (Phi) is 4.54. The van der Waals surface area contributed by atoms with Crippen LogP contribution in [0, 0.1) is 0 Å². The van der Waals surface area contributed by atoms with Gasteiger partial charge in [0, 0.05) is 0 Å². The van der Waals surface area contributed by atoms with Crippen LogP contribution in [0.5, 0.6) is 0 Å². The molecule has 1 heterocycles. The molecular formula is C14H7F6N3O2S2. The van der Waals surface area contributed by atoms with Gasteiger partial charge >= 0.3 is 12.4 Å². The Balaban J connectivity index is 2.05. The van der Waals surface area contributed by atoms with E-state index in [0.29, 0.717) is 5.52 Å². The van der Waals surface area contributed by atoms with Gasteiger partial charge in [0.15, 0.2) is 0 Å². The fraction of sp³-hybridized carbons (Fsp3) is 0.143. The molecule has 5 nitrogen and oxygen atoms in total. The SMILES string of the molecule is O=S(=O)(Nc1cc(C(F)(F)F)cc(C(F)(F)F)c1)c1ccc2nsnc2c1. The summed E-state index contributed by atoms with van der Waals surface area (Å²) in [5, 5.41) is 0. The van der Waals surface area contributed by atoms with E-state index < -0.39 is 39.2 Å². The number of anilines is 1. The van der Waals surface area contributed by atoms with Crippen molar-refractivity contribution in [3.8, 4) is 0 Å². The summed E-state index contributed by atoms with van der Waals surface area (Å²) < 4.78 is 111. The first-order chi connectivity index (χ1) is 12.4. The number of rotatable bonds is 3. The molecule has 0 saturated heterocycles. The van der Waals surface area contributed by atoms with Crippen molar-refractivity contribution in [2.45, 2.75) is 17.2 Å². The zero-order valence-corrected chi connectivity index (χ0v) is 14.4. The number of sulfonamides is 1. The average molecular weight is 427 g/mol. The average Bonchev–Trinajstić information content (AvgIpc) is 3.00. The van der Waals surface area contributed by atoms with Crippen LogP contribution in [0.3, 0.4) is 0 Å². The number of halogens is 6. The number of aromatic nitrogens is 2. The molecule has 0 amide bonds. The first-order valence-corrected chi connectivity index (χ1v) is 9.12. The van der Waals surface area contributed by atoms with E-state index in [2.05, 4.69) is 8.75 Å². The number of benzene rings is 2. The summed E-state index contributed by atoms with van der Waals surface area (Å²) in [6, 6.07) is 4.03. The van der Waals surface area contributed by atoms with Crippen LogP contribution in [-0.4, -0.2) is 17.2 Å². The second-order valence-corrected chi connectivity index (χ2v) is 7.53. The molecule has 2 aromatic carbocycles. The molecule has 0 bridgehead atoms. The number of alkyl halides is 6. The second-order valence-electron chi connectivity index (χ2n) is 5.31. The zero-order chi connectivity index (χ0) is 20.0. The van der Waals surface area contributed by atoms with Gasteiger partial charge in [0.1, 0.15) is 11.0 Å². The summed E-state index contributed by atoms with van der Waals surface area (Å²) in [7, 11) is -4.46.